The van der Waals surface area contributed by atoms with Crippen LogP contribution in [0.4, 0.5) is 4.79 Å². The molecule has 1 atom stereocenters. The second kappa shape index (κ2) is 9.86. The lowest BCUT2D eigenvalue weighted by molar-refractivity contribution is -0.124. The maximum absolute atomic E-state index is 12.4. The monoisotopic (exact) mass is 368 g/mol. The molecule has 8 heteroatoms. The molecule has 26 heavy (non-hydrogen) atoms. The van der Waals surface area contributed by atoms with Gasteiger partial charge in [-0.3, -0.25) is 4.79 Å². The summed E-state index contributed by atoms with van der Waals surface area (Å²) in [6, 6.07) is 4.50. The van der Waals surface area contributed by atoms with E-state index in [1.165, 1.54) is 14.2 Å². The molecular weight excluding hydrogens is 340 g/mol. The molecule has 0 saturated carbocycles. The zero-order valence-electron chi connectivity index (χ0n) is 16.2. The smallest absolute Gasteiger partial charge is 0.408 e. The molecule has 0 radical (unpaired) electrons. The van der Waals surface area contributed by atoms with Crippen molar-refractivity contribution in [2.75, 3.05) is 27.9 Å². The zero-order chi connectivity index (χ0) is 19.7. The fourth-order valence-corrected chi connectivity index (χ4v) is 2.20. The van der Waals surface area contributed by atoms with Crippen molar-refractivity contribution < 1.29 is 28.5 Å². The number of methoxy groups -OCH3 is 3. The van der Waals surface area contributed by atoms with Gasteiger partial charge in [0, 0.05) is 19.2 Å². The minimum absolute atomic E-state index is 0.0142. The van der Waals surface area contributed by atoms with Crippen molar-refractivity contribution in [2.24, 2.45) is 0 Å². The molecule has 1 aromatic carbocycles. The minimum atomic E-state index is -0.883. The zero-order valence-corrected chi connectivity index (χ0v) is 16.2. The topological polar surface area (TPSA) is 95.1 Å². The van der Waals surface area contributed by atoms with Crippen LogP contribution in [0.3, 0.4) is 0 Å². The van der Waals surface area contributed by atoms with Gasteiger partial charge < -0.3 is 29.6 Å². The van der Waals surface area contributed by atoms with Gasteiger partial charge in [0.05, 0.1) is 20.8 Å². The molecule has 0 fully saturated rings. The highest BCUT2D eigenvalue weighted by Gasteiger charge is 2.24. The van der Waals surface area contributed by atoms with Gasteiger partial charge in [-0.05, 0) is 26.8 Å². The third-order valence-electron chi connectivity index (χ3n) is 3.28. The summed E-state index contributed by atoms with van der Waals surface area (Å²) in [5.41, 5.74) is 0.0835. The van der Waals surface area contributed by atoms with Crippen molar-refractivity contribution in [3.63, 3.8) is 0 Å². The molecule has 0 aromatic heterocycles. The fourth-order valence-electron chi connectivity index (χ4n) is 2.20. The Labute approximate surface area is 154 Å². The Balaban J connectivity index is 2.75. The number of carbonyl (C=O) groups excluding carboxylic acids is 2. The molecule has 0 aliphatic carbocycles. The van der Waals surface area contributed by atoms with Gasteiger partial charge in [-0.2, -0.15) is 0 Å². The van der Waals surface area contributed by atoms with Crippen LogP contribution < -0.4 is 20.1 Å². The first-order chi connectivity index (χ1) is 12.2. The van der Waals surface area contributed by atoms with Crippen molar-refractivity contribution in [3.05, 3.63) is 23.8 Å². The standard InChI is InChI=1S/C18H28N2O6/c1-18(2,3)26-17(22)20-13(11-23-4)16(21)19-10-12-8-7-9-14(24-5)15(12)25-6/h7-9,13H,10-11H2,1-6H3,(H,19,21)(H,20,22). The van der Waals surface area contributed by atoms with E-state index >= 15 is 0 Å². The summed E-state index contributed by atoms with van der Waals surface area (Å²) in [5.74, 6) is 0.709. The Morgan fingerprint density at radius 3 is 2.35 bits per heavy atom. The van der Waals surface area contributed by atoms with Gasteiger partial charge in [0.15, 0.2) is 11.5 Å². The maximum Gasteiger partial charge on any atom is 0.408 e. The third-order valence-corrected chi connectivity index (χ3v) is 3.28. The summed E-state index contributed by atoms with van der Waals surface area (Å²) >= 11 is 0. The van der Waals surface area contributed by atoms with Crippen LogP contribution in [0.15, 0.2) is 18.2 Å². The van der Waals surface area contributed by atoms with Gasteiger partial charge in [-0.15, -0.1) is 0 Å². The van der Waals surface area contributed by atoms with E-state index in [1.807, 2.05) is 6.07 Å². The summed E-state index contributed by atoms with van der Waals surface area (Å²) < 4.78 is 20.8. The van der Waals surface area contributed by atoms with E-state index in [1.54, 1.807) is 40.0 Å². The molecule has 0 bridgehead atoms. The number of ether oxygens (including phenoxy) is 4. The summed E-state index contributed by atoms with van der Waals surface area (Å²) in [6.45, 7) is 5.45. The fraction of sp³-hybridized carbons (Fsp3) is 0.556. The number of nitrogens with one attached hydrogen (secondary N) is 2. The summed E-state index contributed by atoms with van der Waals surface area (Å²) in [6.07, 6.45) is -0.686. The first-order valence-electron chi connectivity index (χ1n) is 8.17. The number of hydrogen-bond acceptors (Lipinski definition) is 6. The van der Waals surface area contributed by atoms with E-state index in [2.05, 4.69) is 10.6 Å². The second-order valence-corrected chi connectivity index (χ2v) is 6.52. The van der Waals surface area contributed by atoms with E-state index < -0.39 is 23.6 Å². The van der Waals surface area contributed by atoms with E-state index in [-0.39, 0.29) is 13.2 Å². The first kappa shape index (κ1) is 21.6. The first-order valence-corrected chi connectivity index (χ1v) is 8.17. The quantitative estimate of drug-likeness (QED) is 0.727. The van der Waals surface area contributed by atoms with Crippen molar-refractivity contribution in [1.29, 1.82) is 0 Å². The number of amides is 2. The number of rotatable bonds is 8. The Morgan fingerprint density at radius 1 is 1.12 bits per heavy atom. The highest BCUT2D eigenvalue weighted by atomic mass is 16.6. The molecule has 0 heterocycles. The molecule has 8 nitrogen and oxygen atoms in total. The van der Waals surface area contributed by atoms with Gasteiger partial charge in [-0.25, -0.2) is 4.79 Å². The predicted molar refractivity (Wildman–Crippen MR) is 96.4 cm³/mol. The number of alkyl carbamates (subject to hydrolysis) is 1. The lowest BCUT2D eigenvalue weighted by Gasteiger charge is -2.23. The molecule has 146 valence electrons. The molecule has 0 saturated heterocycles. The van der Waals surface area contributed by atoms with Crippen LogP contribution >= 0.6 is 0 Å². The Kier molecular flexibility index (Phi) is 8.18. The van der Waals surface area contributed by atoms with Crippen LogP contribution in [0.1, 0.15) is 26.3 Å². The molecule has 0 aliphatic heterocycles. The van der Waals surface area contributed by atoms with E-state index in [0.717, 1.165) is 5.56 Å². The van der Waals surface area contributed by atoms with Crippen LogP contribution in [-0.4, -0.2) is 51.6 Å². The number of hydrogen-bond donors (Lipinski definition) is 2. The summed E-state index contributed by atoms with van der Waals surface area (Å²) in [5, 5.41) is 5.26. The molecule has 1 rings (SSSR count). The highest BCUT2D eigenvalue weighted by Crippen LogP contribution is 2.30. The molecule has 2 N–H and O–H groups in total. The Hall–Kier alpha value is -2.48. The minimum Gasteiger partial charge on any atom is -0.493 e. The normalized spacial score (nSPS) is 12.1. The lowest BCUT2D eigenvalue weighted by atomic mass is 10.1. The lowest BCUT2D eigenvalue weighted by Crippen LogP contribution is -2.50. The maximum atomic E-state index is 12.4. The average Bonchev–Trinajstić information content (AvgIpc) is 2.57. The van der Waals surface area contributed by atoms with Gasteiger partial charge >= 0.3 is 6.09 Å². The van der Waals surface area contributed by atoms with Crippen LogP contribution in [-0.2, 0) is 20.8 Å². The van der Waals surface area contributed by atoms with Crippen molar-refractivity contribution in [1.82, 2.24) is 10.6 Å². The van der Waals surface area contributed by atoms with E-state index in [0.29, 0.717) is 11.5 Å². The summed E-state index contributed by atoms with van der Waals surface area (Å²) in [4.78, 5) is 24.3. The molecule has 1 unspecified atom stereocenters. The molecular formula is C18H28N2O6. The number of benzene rings is 1. The van der Waals surface area contributed by atoms with Gasteiger partial charge in [-0.1, -0.05) is 12.1 Å². The van der Waals surface area contributed by atoms with Crippen LogP contribution in [0.2, 0.25) is 0 Å². The highest BCUT2D eigenvalue weighted by molar-refractivity contribution is 5.85. The molecule has 0 aliphatic rings. The number of carbonyl (C=O) groups is 2. The largest absolute Gasteiger partial charge is 0.493 e. The number of para-hydroxylation sites is 1. The Morgan fingerprint density at radius 2 is 1.81 bits per heavy atom. The van der Waals surface area contributed by atoms with Gasteiger partial charge in [0.1, 0.15) is 11.6 Å². The van der Waals surface area contributed by atoms with Gasteiger partial charge in [0.25, 0.3) is 0 Å². The summed E-state index contributed by atoms with van der Waals surface area (Å²) in [7, 11) is 4.52. The molecule has 0 spiro atoms. The van der Waals surface area contributed by atoms with Crippen LogP contribution in [0, 0.1) is 0 Å². The van der Waals surface area contributed by atoms with Crippen molar-refractivity contribution >= 4 is 12.0 Å². The molecule has 2 amide bonds. The third kappa shape index (κ3) is 6.79. The predicted octanol–water partition coefficient (Wildman–Crippen LogP) is 1.86. The Bertz CT molecular complexity index is 612. The second-order valence-electron chi connectivity index (χ2n) is 6.52. The van der Waals surface area contributed by atoms with Crippen LogP contribution in [0.5, 0.6) is 11.5 Å². The van der Waals surface area contributed by atoms with Crippen molar-refractivity contribution in [2.45, 2.75) is 39.0 Å². The SMILES string of the molecule is COCC(NC(=O)OC(C)(C)C)C(=O)NCc1cccc(OC)c1OC. The van der Waals surface area contributed by atoms with Crippen LogP contribution in [0.25, 0.3) is 0 Å². The molecule has 1 aromatic rings. The van der Waals surface area contributed by atoms with Crippen molar-refractivity contribution in [3.8, 4) is 11.5 Å². The average molecular weight is 368 g/mol. The van der Waals surface area contributed by atoms with Gasteiger partial charge in [0.2, 0.25) is 5.91 Å². The van der Waals surface area contributed by atoms with E-state index in [9.17, 15) is 9.59 Å². The van der Waals surface area contributed by atoms with E-state index in [4.69, 9.17) is 18.9 Å².